The monoisotopic (exact) mass is 558 g/mol. The van der Waals surface area contributed by atoms with Crippen LogP contribution in [0, 0.1) is 0 Å². The normalized spacial score (nSPS) is 22.3. The van der Waals surface area contributed by atoms with Crippen LogP contribution in [0.15, 0.2) is 42.5 Å². The number of nitrogens with zero attached hydrogens (tertiary/aromatic N) is 2. The van der Waals surface area contributed by atoms with Crippen LogP contribution in [-0.2, 0) is 26.3 Å². The van der Waals surface area contributed by atoms with Crippen molar-refractivity contribution in [3.8, 4) is 0 Å². The van der Waals surface area contributed by atoms with Crippen LogP contribution in [0.2, 0.25) is 10.0 Å². The predicted octanol–water partition coefficient (Wildman–Crippen LogP) is 4.47. The van der Waals surface area contributed by atoms with Gasteiger partial charge in [-0.2, -0.15) is 0 Å². The highest BCUT2D eigenvalue weighted by Gasteiger charge is 2.53. The minimum absolute atomic E-state index is 0.0653. The molecule has 3 aliphatic rings. The topological polar surface area (TPSA) is 73.9 Å². The van der Waals surface area contributed by atoms with Gasteiger partial charge < -0.3 is 15.4 Å². The van der Waals surface area contributed by atoms with Crippen molar-refractivity contribution in [1.82, 2.24) is 15.1 Å². The van der Waals surface area contributed by atoms with Crippen LogP contribution >= 0.6 is 23.2 Å². The standard InChI is InChI=1S/C29H36Cl2N4O3/c30-22-6-4-5-21(17-22)19-29(25-10-9-23(31)18-26(25)33-28(29)37)35(24-7-2-1-3-8-24)20-27(36)32-11-12-34-13-15-38-16-14-34/h4-6,9-10,17-18,24H,1-3,7-8,11-16,19-20H2,(H,32,36)(H,33,37). The molecule has 2 heterocycles. The molecule has 2 aromatic rings. The third kappa shape index (κ3) is 6.02. The molecule has 1 saturated heterocycles. The highest BCUT2D eigenvalue weighted by molar-refractivity contribution is 6.31. The molecule has 1 atom stereocenters. The van der Waals surface area contributed by atoms with Crippen molar-refractivity contribution < 1.29 is 14.3 Å². The molecular formula is C29H36Cl2N4O3. The summed E-state index contributed by atoms with van der Waals surface area (Å²) in [6.07, 6.45) is 5.66. The number of morpholine rings is 1. The summed E-state index contributed by atoms with van der Waals surface area (Å²) in [6, 6.07) is 13.3. The molecule has 2 aliphatic heterocycles. The Bertz CT molecular complexity index is 1150. The van der Waals surface area contributed by atoms with Crippen molar-refractivity contribution in [2.45, 2.75) is 50.1 Å². The number of hydrogen-bond acceptors (Lipinski definition) is 5. The second-order valence-electron chi connectivity index (χ2n) is 10.5. The van der Waals surface area contributed by atoms with Gasteiger partial charge in [0.15, 0.2) is 0 Å². The summed E-state index contributed by atoms with van der Waals surface area (Å²) in [5, 5.41) is 7.40. The van der Waals surface area contributed by atoms with Crippen LogP contribution in [0.25, 0.3) is 0 Å². The van der Waals surface area contributed by atoms with Gasteiger partial charge in [-0.25, -0.2) is 0 Å². The highest BCUT2D eigenvalue weighted by atomic mass is 35.5. The summed E-state index contributed by atoms with van der Waals surface area (Å²) < 4.78 is 5.43. The van der Waals surface area contributed by atoms with Gasteiger partial charge in [0.05, 0.1) is 19.8 Å². The van der Waals surface area contributed by atoms with E-state index in [2.05, 4.69) is 20.4 Å². The van der Waals surface area contributed by atoms with Crippen molar-refractivity contribution in [1.29, 1.82) is 0 Å². The maximum absolute atomic E-state index is 14.1. The summed E-state index contributed by atoms with van der Waals surface area (Å²) in [4.78, 5) is 32.0. The number of fused-ring (bicyclic) bond motifs is 1. The van der Waals surface area contributed by atoms with Gasteiger partial charge >= 0.3 is 0 Å². The van der Waals surface area contributed by atoms with Gasteiger partial charge in [-0.1, -0.05) is 60.7 Å². The smallest absolute Gasteiger partial charge is 0.249 e. The molecule has 2 fully saturated rings. The third-order valence-electron chi connectivity index (χ3n) is 8.07. The summed E-state index contributed by atoms with van der Waals surface area (Å²) in [6.45, 7) is 4.72. The Morgan fingerprint density at radius 3 is 2.61 bits per heavy atom. The van der Waals surface area contributed by atoms with E-state index < -0.39 is 5.54 Å². The Balaban J connectivity index is 1.46. The fourth-order valence-electron chi connectivity index (χ4n) is 6.19. The molecule has 1 unspecified atom stereocenters. The van der Waals surface area contributed by atoms with Gasteiger partial charge in [-0.3, -0.25) is 19.4 Å². The average molecular weight is 560 g/mol. The maximum atomic E-state index is 14.1. The first-order chi connectivity index (χ1) is 18.5. The first kappa shape index (κ1) is 27.4. The van der Waals surface area contributed by atoms with E-state index in [1.54, 1.807) is 6.07 Å². The van der Waals surface area contributed by atoms with E-state index in [-0.39, 0.29) is 24.4 Å². The molecule has 0 bridgehead atoms. The molecule has 2 aromatic carbocycles. The number of amides is 2. The summed E-state index contributed by atoms with van der Waals surface area (Å²) >= 11 is 12.7. The molecule has 1 saturated carbocycles. The Kier molecular flexibility index (Phi) is 8.91. The predicted molar refractivity (Wildman–Crippen MR) is 151 cm³/mol. The van der Waals surface area contributed by atoms with Crippen molar-refractivity contribution in [2.24, 2.45) is 0 Å². The minimum Gasteiger partial charge on any atom is -0.379 e. The molecule has 2 N–H and O–H groups in total. The van der Waals surface area contributed by atoms with Crippen LogP contribution < -0.4 is 10.6 Å². The summed E-state index contributed by atoms with van der Waals surface area (Å²) in [7, 11) is 0. The fourth-order valence-corrected chi connectivity index (χ4v) is 6.58. The van der Waals surface area contributed by atoms with Crippen molar-refractivity contribution >= 4 is 40.7 Å². The zero-order chi connectivity index (χ0) is 26.5. The van der Waals surface area contributed by atoms with Gasteiger partial charge in [-0.15, -0.1) is 0 Å². The molecule has 0 radical (unpaired) electrons. The lowest BCUT2D eigenvalue weighted by atomic mass is 9.80. The Hall–Kier alpha value is -2.16. The van der Waals surface area contributed by atoms with Gasteiger partial charge in [0.2, 0.25) is 11.8 Å². The lowest BCUT2D eigenvalue weighted by molar-refractivity contribution is -0.135. The molecule has 9 heteroatoms. The van der Waals surface area contributed by atoms with Crippen LogP contribution in [0.4, 0.5) is 5.69 Å². The number of anilines is 1. The molecule has 204 valence electrons. The largest absolute Gasteiger partial charge is 0.379 e. The van der Waals surface area contributed by atoms with Crippen molar-refractivity contribution in [3.05, 3.63) is 63.6 Å². The maximum Gasteiger partial charge on any atom is 0.249 e. The quantitative estimate of drug-likeness (QED) is 0.475. The number of nitrogens with one attached hydrogen (secondary N) is 2. The molecule has 38 heavy (non-hydrogen) atoms. The Morgan fingerprint density at radius 1 is 1.08 bits per heavy atom. The lowest BCUT2D eigenvalue weighted by Crippen LogP contribution is -2.59. The van der Waals surface area contributed by atoms with E-state index in [0.29, 0.717) is 28.7 Å². The molecule has 7 nitrogen and oxygen atoms in total. The van der Waals surface area contributed by atoms with Crippen molar-refractivity contribution in [3.63, 3.8) is 0 Å². The fraction of sp³-hybridized carbons (Fsp3) is 0.517. The van der Waals surface area contributed by atoms with Gasteiger partial charge in [0.1, 0.15) is 5.54 Å². The second kappa shape index (κ2) is 12.3. The van der Waals surface area contributed by atoms with Gasteiger partial charge in [0.25, 0.3) is 0 Å². The SMILES string of the molecule is O=C(CN(C1CCCCC1)C1(Cc2cccc(Cl)c2)C(=O)Nc2cc(Cl)ccc21)NCCN1CCOCC1. The number of hydrogen-bond donors (Lipinski definition) is 2. The van der Waals surface area contributed by atoms with E-state index in [4.69, 9.17) is 27.9 Å². The van der Waals surface area contributed by atoms with Gasteiger partial charge in [0, 0.05) is 59.9 Å². The van der Waals surface area contributed by atoms with Crippen LogP contribution in [0.5, 0.6) is 0 Å². The van der Waals surface area contributed by atoms with E-state index in [1.807, 2.05) is 36.4 Å². The van der Waals surface area contributed by atoms with Gasteiger partial charge in [-0.05, 0) is 42.7 Å². The first-order valence-corrected chi connectivity index (χ1v) is 14.4. The van der Waals surface area contributed by atoms with Crippen LogP contribution in [0.1, 0.15) is 43.2 Å². The average Bonchev–Trinajstić information content (AvgIpc) is 3.18. The third-order valence-corrected chi connectivity index (χ3v) is 8.54. The van der Waals surface area contributed by atoms with Crippen LogP contribution in [0.3, 0.4) is 0 Å². The number of carbonyl (C=O) groups is 2. The zero-order valence-corrected chi connectivity index (χ0v) is 23.2. The summed E-state index contributed by atoms with van der Waals surface area (Å²) in [5.74, 6) is -0.189. The number of rotatable bonds is 9. The zero-order valence-electron chi connectivity index (χ0n) is 21.7. The minimum atomic E-state index is -1.05. The van der Waals surface area contributed by atoms with E-state index in [1.165, 1.54) is 6.42 Å². The van der Waals surface area contributed by atoms with E-state index in [0.717, 1.165) is 69.7 Å². The number of carbonyl (C=O) groups excluding carboxylic acids is 2. The highest BCUT2D eigenvalue weighted by Crippen LogP contribution is 2.46. The molecular weight excluding hydrogens is 523 g/mol. The van der Waals surface area contributed by atoms with Crippen molar-refractivity contribution in [2.75, 3.05) is 51.3 Å². The molecule has 0 spiro atoms. The number of ether oxygens (including phenoxy) is 1. The molecule has 1 aliphatic carbocycles. The summed E-state index contributed by atoms with van der Waals surface area (Å²) in [5.41, 5.74) is 1.47. The number of benzene rings is 2. The van der Waals surface area contributed by atoms with E-state index in [9.17, 15) is 9.59 Å². The lowest BCUT2D eigenvalue weighted by Gasteiger charge is -2.45. The Morgan fingerprint density at radius 2 is 1.84 bits per heavy atom. The Labute approximate surface area is 234 Å². The molecule has 2 amide bonds. The molecule has 0 aromatic heterocycles. The first-order valence-electron chi connectivity index (χ1n) is 13.7. The number of halogens is 2. The second-order valence-corrected chi connectivity index (χ2v) is 11.4. The van der Waals surface area contributed by atoms with Crippen LogP contribution in [-0.4, -0.2) is 73.6 Å². The van der Waals surface area contributed by atoms with E-state index >= 15 is 0 Å². The molecule has 5 rings (SSSR count).